The Bertz CT molecular complexity index is 922. The molecule has 1 aliphatic rings. The number of carbonyl (C=O) groups excluding carboxylic acids is 1. The Morgan fingerprint density at radius 2 is 1.72 bits per heavy atom. The van der Waals surface area contributed by atoms with E-state index < -0.39 is 36.5 Å². The topological polar surface area (TPSA) is 107 Å². The average molecular weight is 461 g/mol. The predicted octanol–water partition coefficient (Wildman–Crippen LogP) is 3.30. The van der Waals surface area contributed by atoms with Crippen molar-refractivity contribution in [2.45, 2.75) is 50.6 Å². The van der Waals surface area contributed by atoms with Gasteiger partial charge in [-0.15, -0.1) is 12.4 Å². The van der Waals surface area contributed by atoms with Crippen LogP contribution in [-0.2, 0) is 27.2 Å². The van der Waals surface area contributed by atoms with Gasteiger partial charge in [0.25, 0.3) is 0 Å². The molecule has 8 heteroatoms. The van der Waals surface area contributed by atoms with Gasteiger partial charge in [-0.1, -0.05) is 55.0 Å². The summed E-state index contributed by atoms with van der Waals surface area (Å²) >= 11 is 0. The number of carboxylic acids is 2. The SMILES string of the molecule is Cl.O=C(O)CN1C(=O)[C@H](N[C@@H](CCc2ccccc2)C(=O)O)CCCCc2ccccc21. The van der Waals surface area contributed by atoms with Crippen LogP contribution in [0.1, 0.15) is 36.8 Å². The highest BCUT2D eigenvalue weighted by Gasteiger charge is 2.32. The number of benzene rings is 2. The van der Waals surface area contributed by atoms with Crippen molar-refractivity contribution in [1.29, 1.82) is 0 Å². The van der Waals surface area contributed by atoms with Crippen molar-refractivity contribution in [3.05, 3.63) is 65.7 Å². The molecule has 7 nitrogen and oxygen atoms in total. The number of carboxylic acid groups (broad SMARTS) is 2. The Morgan fingerprint density at radius 3 is 2.41 bits per heavy atom. The number of carbonyl (C=O) groups is 3. The minimum Gasteiger partial charge on any atom is -0.480 e. The first-order chi connectivity index (χ1) is 15.0. The maximum atomic E-state index is 13.4. The molecule has 1 amide bonds. The van der Waals surface area contributed by atoms with E-state index >= 15 is 0 Å². The molecule has 172 valence electrons. The number of aryl methyl sites for hydroxylation is 2. The van der Waals surface area contributed by atoms with Crippen LogP contribution in [0, 0.1) is 0 Å². The molecular weight excluding hydrogens is 432 g/mol. The lowest BCUT2D eigenvalue weighted by Gasteiger charge is -2.29. The van der Waals surface area contributed by atoms with Crippen molar-refractivity contribution < 1.29 is 24.6 Å². The van der Waals surface area contributed by atoms with E-state index in [9.17, 15) is 24.6 Å². The third-order valence-corrected chi connectivity index (χ3v) is 5.59. The Hall–Kier alpha value is -2.90. The molecule has 0 aromatic heterocycles. The number of hydrogen-bond donors (Lipinski definition) is 3. The number of nitrogens with zero attached hydrogens (tertiary/aromatic N) is 1. The van der Waals surface area contributed by atoms with Gasteiger partial charge in [-0.2, -0.15) is 0 Å². The average Bonchev–Trinajstić information content (AvgIpc) is 2.81. The zero-order valence-electron chi connectivity index (χ0n) is 17.8. The number of anilines is 1. The molecule has 0 saturated carbocycles. The van der Waals surface area contributed by atoms with E-state index in [4.69, 9.17) is 0 Å². The van der Waals surface area contributed by atoms with Crippen LogP contribution in [0.4, 0.5) is 5.69 Å². The number of fused-ring (bicyclic) bond motifs is 1. The van der Waals surface area contributed by atoms with Gasteiger partial charge < -0.3 is 10.2 Å². The van der Waals surface area contributed by atoms with Gasteiger partial charge in [-0.05, 0) is 49.3 Å². The molecule has 3 N–H and O–H groups in total. The molecule has 0 saturated heterocycles. The van der Waals surface area contributed by atoms with Crippen molar-refractivity contribution in [1.82, 2.24) is 5.32 Å². The van der Waals surface area contributed by atoms with Crippen LogP contribution in [0.3, 0.4) is 0 Å². The summed E-state index contributed by atoms with van der Waals surface area (Å²) in [6, 6.07) is 15.2. The highest BCUT2D eigenvalue weighted by atomic mass is 35.5. The molecular formula is C24H29ClN2O5. The maximum absolute atomic E-state index is 13.4. The lowest BCUT2D eigenvalue weighted by molar-refractivity contribution is -0.140. The summed E-state index contributed by atoms with van der Waals surface area (Å²) in [6.45, 7) is -0.463. The molecule has 3 rings (SSSR count). The minimum atomic E-state index is -1.11. The van der Waals surface area contributed by atoms with E-state index in [1.54, 1.807) is 12.1 Å². The number of rotatable bonds is 8. The van der Waals surface area contributed by atoms with Crippen LogP contribution in [0.15, 0.2) is 54.6 Å². The summed E-state index contributed by atoms with van der Waals surface area (Å²) in [6.07, 6.45) is 3.67. The van der Waals surface area contributed by atoms with Crippen LogP contribution in [0.2, 0.25) is 0 Å². The molecule has 1 heterocycles. The Morgan fingerprint density at radius 1 is 1.03 bits per heavy atom. The Labute approximate surface area is 193 Å². The first-order valence-electron chi connectivity index (χ1n) is 10.6. The predicted molar refractivity (Wildman–Crippen MR) is 124 cm³/mol. The van der Waals surface area contributed by atoms with Gasteiger partial charge in [0.05, 0.1) is 6.04 Å². The van der Waals surface area contributed by atoms with Crippen molar-refractivity contribution >= 4 is 35.9 Å². The fourth-order valence-corrected chi connectivity index (χ4v) is 4.01. The highest BCUT2D eigenvalue weighted by Crippen LogP contribution is 2.26. The monoisotopic (exact) mass is 460 g/mol. The van der Waals surface area contributed by atoms with E-state index in [0.29, 0.717) is 24.9 Å². The molecule has 2 atom stereocenters. The van der Waals surface area contributed by atoms with Crippen LogP contribution < -0.4 is 10.2 Å². The normalized spacial score (nSPS) is 17.2. The fourth-order valence-electron chi connectivity index (χ4n) is 4.01. The zero-order chi connectivity index (χ0) is 22.2. The van der Waals surface area contributed by atoms with Gasteiger partial charge in [-0.25, -0.2) is 0 Å². The van der Waals surface area contributed by atoms with Crippen molar-refractivity contribution in [3.63, 3.8) is 0 Å². The number of nitrogens with one attached hydrogen (secondary N) is 1. The highest BCUT2D eigenvalue weighted by molar-refractivity contribution is 6.01. The lowest BCUT2D eigenvalue weighted by Crippen LogP contribution is -2.53. The van der Waals surface area contributed by atoms with Crippen molar-refractivity contribution in [2.75, 3.05) is 11.4 Å². The van der Waals surface area contributed by atoms with E-state index in [0.717, 1.165) is 30.4 Å². The quantitative estimate of drug-likeness (QED) is 0.558. The summed E-state index contributed by atoms with van der Waals surface area (Å²) in [4.78, 5) is 38.1. The second-order valence-electron chi connectivity index (χ2n) is 7.83. The second-order valence-corrected chi connectivity index (χ2v) is 7.83. The molecule has 0 fully saturated rings. The maximum Gasteiger partial charge on any atom is 0.323 e. The van der Waals surface area contributed by atoms with Crippen LogP contribution in [0.25, 0.3) is 0 Å². The number of para-hydroxylation sites is 1. The van der Waals surface area contributed by atoms with E-state index in [-0.39, 0.29) is 12.4 Å². The van der Waals surface area contributed by atoms with Crippen LogP contribution in [0.5, 0.6) is 0 Å². The van der Waals surface area contributed by atoms with E-state index in [1.165, 1.54) is 4.90 Å². The van der Waals surface area contributed by atoms with Gasteiger partial charge in [0, 0.05) is 5.69 Å². The van der Waals surface area contributed by atoms with E-state index in [1.807, 2.05) is 42.5 Å². The Balaban J connectivity index is 0.00000363. The number of halogens is 1. The molecule has 0 aliphatic carbocycles. The molecule has 0 bridgehead atoms. The molecule has 0 unspecified atom stereocenters. The Kier molecular flexibility index (Phi) is 9.68. The number of aliphatic carboxylic acids is 2. The first kappa shape index (κ1) is 25.4. The molecule has 2 aromatic carbocycles. The molecule has 0 spiro atoms. The summed E-state index contributed by atoms with van der Waals surface area (Å²) in [5.41, 5.74) is 2.54. The minimum absolute atomic E-state index is 0. The van der Waals surface area contributed by atoms with E-state index in [2.05, 4.69) is 5.32 Å². The smallest absolute Gasteiger partial charge is 0.323 e. The summed E-state index contributed by atoms with van der Waals surface area (Å²) < 4.78 is 0. The van der Waals surface area contributed by atoms with Gasteiger partial charge in [0.1, 0.15) is 12.6 Å². The second kappa shape index (κ2) is 12.2. The number of hydrogen-bond acceptors (Lipinski definition) is 4. The third kappa shape index (κ3) is 6.80. The van der Waals surface area contributed by atoms with Crippen LogP contribution in [-0.4, -0.2) is 46.7 Å². The summed E-state index contributed by atoms with van der Waals surface area (Å²) in [5, 5.41) is 22.2. The molecule has 1 aliphatic heterocycles. The first-order valence-corrected chi connectivity index (χ1v) is 10.6. The van der Waals surface area contributed by atoms with Crippen LogP contribution >= 0.6 is 12.4 Å². The van der Waals surface area contributed by atoms with Gasteiger partial charge in [0.15, 0.2) is 0 Å². The zero-order valence-corrected chi connectivity index (χ0v) is 18.6. The fraction of sp³-hybridized carbons (Fsp3) is 0.375. The summed E-state index contributed by atoms with van der Waals surface area (Å²) in [7, 11) is 0. The van der Waals surface area contributed by atoms with Crippen molar-refractivity contribution in [3.8, 4) is 0 Å². The van der Waals surface area contributed by atoms with Gasteiger partial charge in [-0.3, -0.25) is 24.6 Å². The largest absolute Gasteiger partial charge is 0.480 e. The molecule has 32 heavy (non-hydrogen) atoms. The number of amides is 1. The molecule has 0 radical (unpaired) electrons. The van der Waals surface area contributed by atoms with Gasteiger partial charge in [0.2, 0.25) is 5.91 Å². The lowest BCUT2D eigenvalue weighted by atomic mass is 10.0. The third-order valence-electron chi connectivity index (χ3n) is 5.59. The molecule has 2 aromatic rings. The summed E-state index contributed by atoms with van der Waals surface area (Å²) in [5.74, 6) is -2.53. The van der Waals surface area contributed by atoms with Crippen molar-refractivity contribution in [2.24, 2.45) is 0 Å². The standard InChI is InChI=1S/C24H28N2O5.ClH/c27-22(28)16-26-21-13-7-5-11-18(21)10-4-6-12-19(23(26)29)25-20(24(30)31)15-14-17-8-2-1-3-9-17;/h1-3,5,7-9,11,13,19-20,25H,4,6,10,12,14-16H2,(H,27,28)(H,30,31);1H/t19-,20+;/m1./s1. The van der Waals surface area contributed by atoms with Gasteiger partial charge >= 0.3 is 11.9 Å².